The maximum atomic E-state index is 11.7. The van der Waals surface area contributed by atoms with Crippen LogP contribution in [0.3, 0.4) is 0 Å². The van der Waals surface area contributed by atoms with Gasteiger partial charge in [-0.2, -0.15) is 0 Å². The first-order valence-corrected chi connectivity index (χ1v) is 6.48. The number of esters is 1. The van der Waals surface area contributed by atoms with Gasteiger partial charge < -0.3 is 14.6 Å². The minimum atomic E-state index is -0.466. The summed E-state index contributed by atoms with van der Waals surface area (Å²) in [4.78, 5) is 11.7. The molecule has 1 aromatic rings. The van der Waals surface area contributed by atoms with E-state index in [4.69, 9.17) is 9.47 Å². The predicted octanol–water partition coefficient (Wildman–Crippen LogP) is 3.11. The summed E-state index contributed by atoms with van der Waals surface area (Å²) in [6.07, 6.45) is 3.49. The maximum Gasteiger partial charge on any atom is 0.373 e. The number of carbonyl (C=O) groups excluding carboxylic acids is 1. The minimum absolute atomic E-state index is 0.182. The second-order valence-electron chi connectivity index (χ2n) is 4.02. The van der Waals surface area contributed by atoms with E-state index in [0.29, 0.717) is 13.2 Å². The third-order valence-corrected chi connectivity index (χ3v) is 2.42. The molecule has 0 unspecified atom stereocenters. The van der Waals surface area contributed by atoms with Crippen LogP contribution in [0.25, 0.3) is 6.08 Å². The van der Waals surface area contributed by atoms with E-state index in [2.05, 4.69) is 6.92 Å². The van der Waals surface area contributed by atoms with Crippen LogP contribution in [0.4, 0.5) is 0 Å². The number of unbranched alkanes of at least 4 members (excludes halogenated alkanes) is 1. The molecule has 1 N–H and O–H groups in total. The number of hydrogen-bond donors (Lipinski definition) is 1. The monoisotopic (exact) mass is 264 g/mol. The Kier molecular flexibility index (Phi) is 6.50. The lowest BCUT2D eigenvalue weighted by molar-refractivity contribution is -0.142. The lowest BCUT2D eigenvalue weighted by Gasteiger charge is -2.09. The van der Waals surface area contributed by atoms with Crippen molar-refractivity contribution in [2.75, 3.05) is 13.2 Å². The van der Waals surface area contributed by atoms with Crippen molar-refractivity contribution < 1.29 is 19.4 Å². The number of ether oxygens (including phenoxy) is 2. The highest BCUT2D eigenvalue weighted by Crippen LogP contribution is 2.14. The van der Waals surface area contributed by atoms with Crippen LogP contribution in [0.15, 0.2) is 30.0 Å². The van der Waals surface area contributed by atoms with Gasteiger partial charge in [0.2, 0.25) is 5.76 Å². The average Bonchev–Trinajstić information content (AvgIpc) is 2.40. The van der Waals surface area contributed by atoms with Gasteiger partial charge in [-0.1, -0.05) is 25.5 Å². The van der Waals surface area contributed by atoms with E-state index in [9.17, 15) is 9.90 Å². The van der Waals surface area contributed by atoms with Crippen molar-refractivity contribution in [2.45, 2.75) is 26.7 Å². The molecule has 0 bridgehead atoms. The van der Waals surface area contributed by atoms with Gasteiger partial charge >= 0.3 is 5.97 Å². The summed E-state index contributed by atoms with van der Waals surface area (Å²) < 4.78 is 10.4. The molecule has 1 rings (SSSR count). The number of hydrogen-bond acceptors (Lipinski definition) is 4. The van der Waals surface area contributed by atoms with Crippen molar-refractivity contribution in [1.82, 2.24) is 0 Å². The quantitative estimate of drug-likeness (QED) is 0.356. The Morgan fingerprint density at radius 3 is 2.47 bits per heavy atom. The SMILES string of the molecule is CCCCO/C(=C\c1ccc(O)cc1)C(=O)OCC. The van der Waals surface area contributed by atoms with Crippen molar-refractivity contribution in [2.24, 2.45) is 0 Å². The van der Waals surface area contributed by atoms with Crippen molar-refractivity contribution in [3.63, 3.8) is 0 Å². The topological polar surface area (TPSA) is 55.8 Å². The molecule has 0 aliphatic rings. The van der Waals surface area contributed by atoms with Crippen LogP contribution in [0, 0.1) is 0 Å². The van der Waals surface area contributed by atoms with Gasteiger partial charge in [-0.05, 0) is 37.1 Å². The van der Waals surface area contributed by atoms with Crippen LogP contribution in [0.2, 0.25) is 0 Å². The summed E-state index contributed by atoms with van der Waals surface area (Å²) in [5, 5.41) is 9.21. The van der Waals surface area contributed by atoms with E-state index in [1.807, 2.05) is 0 Å². The fraction of sp³-hybridized carbons (Fsp3) is 0.400. The predicted molar refractivity (Wildman–Crippen MR) is 73.6 cm³/mol. The second kappa shape index (κ2) is 8.19. The summed E-state index contributed by atoms with van der Waals surface area (Å²) in [6, 6.07) is 6.52. The zero-order valence-electron chi connectivity index (χ0n) is 11.4. The van der Waals surface area contributed by atoms with E-state index in [-0.39, 0.29) is 11.5 Å². The third-order valence-electron chi connectivity index (χ3n) is 2.42. The van der Waals surface area contributed by atoms with E-state index in [0.717, 1.165) is 18.4 Å². The van der Waals surface area contributed by atoms with Gasteiger partial charge in [-0.15, -0.1) is 0 Å². The Morgan fingerprint density at radius 1 is 1.21 bits per heavy atom. The average molecular weight is 264 g/mol. The maximum absolute atomic E-state index is 11.7. The molecule has 19 heavy (non-hydrogen) atoms. The molecule has 0 radical (unpaired) electrons. The van der Waals surface area contributed by atoms with E-state index < -0.39 is 5.97 Å². The van der Waals surface area contributed by atoms with Crippen LogP contribution >= 0.6 is 0 Å². The van der Waals surface area contributed by atoms with E-state index >= 15 is 0 Å². The zero-order chi connectivity index (χ0) is 14.1. The van der Waals surface area contributed by atoms with Gasteiger partial charge in [0.25, 0.3) is 0 Å². The van der Waals surface area contributed by atoms with Crippen LogP contribution in [-0.2, 0) is 14.3 Å². The Morgan fingerprint density at radius 2 is 1.89 bits per heavy atom. The molecular formula is C15H20O4. The molecule has 4 heteroatoms. The van der Waals surface area contributed by atoms with E-state index in [1.165, 1.54) is 0 Å². The van der Waals surface area contributed by atoms with Crippen LogP contribution in [0.5, 0.6) is 5.75 Å². The van der Waals surface area contributed by atoms with Gasteiger partial charge in [-0.3, -0.25) is 0 Å². The molecule has 104 valence electrons. The summed E-state index contributed by atoms with van der Waals surface area (Å²) in [6.45, 7) is 4.60. The molecule has 0 amide bonds. The smallest absolute Gasteiger partial charge is 0.373 e. The second-order valence-corrected chi connectivity index (χ2v) is 4.02. The first-order valence-electron chi connectivity index (χ1n) is 6.48. The third kappa shape index (κ3) is 5.46. The molecule has 0 aromatic heterocycles. The summed E-state index contributed by atoms with van der Waals surface area (Å²) in [5.74, 6) is -0.0885. The number of benzene rings is 1. The zero-order valence-corrected chi connectivity index (χ0v) is 11.4. The van der Waals surface area contributed by atoms with Crippen molar-refractivity contribution in [1.29, 1.82) is 0 Å². The Hall–Kier alpha value is -1.97. The van der Waals surface area contributed by atoms with Crippen LogP contribution < -0.4 is 0 Å². The Bertz CT molecular complexity index is 420. The number of phenolic OH excluding ortho intramolecular Hbond substituents is 1. The normalized spacial score (nSPS) is 11.2. The van der Waals surface area contributed by atoms with Crippen LogP contribution in [0.1, 0.15) is 32.3 Å². The number of phenols is 1. The number of aromatic hydroxyl groups is 1. The Balaban J connectivity index is 2.81. The summed E-state index contributed by atoms with van der Waals surface area (Å²) in [5.41, 5.74) is 0.775. The standard InChI is InChI=1S/C15H20O4/c1-3-5-10-19-14(15(17)18-4-2)11-12-6-8-13(16)9-7-12/h6-9,11,16H,3-5,10H2,1-2H3/b14-11-. The molecule has 4 nitrogen and oxygen atoms in total. The van der Waals surface area contributed by atoms with Gasteiger partial charge in [0.1, 0.15) is 5.75 Å². The molecule has 0 spiro atoms. The largest absolute Gasteiger partial charge is 0.508 e. The van der Waals surface area contributed by atoms with Gasteiger partial charge in [0.15, 0.2) is 0 Å². The number of rotatable bonds is 7. The van der Waals surface area contributed by atoms with Gasteiger partial charge in [0.05, 0.1) is 13.2 Å². The first-order chi connectivity index (χ1) is 9.17. The fourth-order valence-corrected chi connectivity index (χ4v) is 1.41. The Labute approximate surface area is 113 Å². The first kappa shape index (κ1) is 15.1. The summed E-state index contributed by atoms with van der Waals surface area (Å²) >= 11 is 0. The van der Waals surface area contributed by atoms with Crippen molar-refractivity contribution >= 4 is 12.0 Å². The lowest BCUT2D eigenvalue weighted by atomic mass is 10.2. The molecule has 0 fully saturated rings. The summed E-state index contributed by atoms with van der Waals surface area (Å²) in [7, 11) is 0. The molecule has 0 aliphatic carbocycles. The molecule has 0 saturated heterocycles. The molecule has 0 aliphatic heterocycles. The highest BCUT2D eigenvalue weighted by atomic mass is 16.6. The van der Waals surface area contributed by atoms with E-state index in [1.54, 1.807) is 37.3 Å². The highest BCUT2D eigenvalue weighted by molar-refractivity contribution is 5.91. The molecule has 0 atom stereocenters. The van der Waals surface area contributed by atoms with Crippen molar-refractivity contribution in [3.8, 4) is 5.75 Å². The molecule has 1 aromatic carbocycles. The molecular weight excluding hydrogens is 244 g/mol. The van der Waals surface area contributed by atoms with Gasteiger partial charge in [-0.25, -0.2) is 4.79 Å². The van der Waals surface area contributed by atoms with Gasteiger partial charge in [0, 0.05) is 0 Å². The molecule has 0 heterocycles. The number of carbonyl (C=O) groups is 1. The highest BCUT2D eigenvalue weighted by Gasteiger charge is 2.12. The fourth-order valence-electron chi connectivity index (χ4n) is 1.41. The minimum Gasteiger partial charge on any atom is -0.508 e. The van der Waals surface area contributed by atoms with Crippen LogP contribution in [-0.4, -0.2) is 24.3 Å². The molecule has 0 saturated carbocycles. The lowest BCUT2D eigenvalue weighted by Crippen LogP contribution is -2.11. The van der Waals surface area contributed by atoms with Crippen molar-refractivity contribution in [3.05, 3.63) is 35.6 Å².